The van der Waals surface area contributed by atoms with E-state index in [0.717, 1.165) is 23.7 Å². The second-order valence-corrected chi connectivity index (χ2v) is 4.00. The van der Waals surface area contributed by atoms with Gasteiger partial charge in [0, 0.05) is 19.3 Å². The average Bonchev–Trinajstić information content (AvgIpc) is 2.45. The van der Waals surface area contributed by atoms with Crippen molar-refractivity contribution in [2.24, 2.45) is 0 Å². The van der Waals surface area contributed by atoms with E-state index in [9.17, 15) is 0 Å². The first-order valence-corrected chi connectivity index (χ1v) is 5.97. The van der Waals surface area contributed by atoms with E-state index >= 15 is 0 Å². The Morgan fingerprint density at radius 1 is 1.06 bits per heavy atom. The monoisotopic (exact) mass is 242 g/mol. The maximum Gasteiger partial charge on any atom is 0.141 e. The van der Waals surface area contributed by atoms with E-state index in [2.05, 4.69) is 22.8 Å². The van der Waals surface area contributed by atoms with E-state index in [4.69, 9.17) is 4.74 Å². The highest BCUT2D eigenvalue weighted by atomic mass is 16.5. The smallest absolute Gasteiger partial charge is 0.141 e. The molecule has 0 saturated heterocycles. The Morgan fingerprint density at radius 2 is 1.89 bits per heavy atom. The molecular weight excluding hydrogens is 224 g/mol. The Kier molecular flexibility index (Phi) is 4.07. The Labute approximate surface area is 108 Å². The Balaban J connectivity index is 2.06. The summed E-state index contributed by atoms with van der Waals surface area (Å²) in [6, 6.07) is 16.2. The Hall–Kier alpha value is -2.16. The van der Waals surface area contributed by atoms with Gasteiger partial charge in [0.1, 0.15) is 5.75 Å². The lowest BCUT2D eigenvalue weighted by molar-refractivity contribution is 0.416. The first kappa shape index (κ1) is 12.3. The number of hydrogen-bond donors (Lipinski definition) is 2. The van der Waals surface area contributed by atoms with E-state index < -0.39 is 0 Å². The van der Waals surface area contributed by atoms with Crippen LogP contribution in [0.25, 0.3) is 0 Å². The second kappa shape index (κ2) is 5.96. The fraction of sp³-hybridized carbons (Fsp3) is 0.200. The second-order valence-electron chi connectivity index (χ2n) is 4.00. The number of anilines is 2. The highest BCUT2D eigenvalue weighted by Crippen LogP contribution is 2.23. The summed E-state index contributed by atoms with van der Waals surface area (Å²) in [5.74, 6) is 0.863. The number of rotatable bonds is 5. The van der Waals surface area contributed by atoms with Gasteiger partial charge in [-0.1, -0.05) is 24.3 Å². The van der Waals surface area contributed by atoms with Gasteiger partial charge in [0.2, 0.25) is 0 Å². The number of methoxy groups -OCH3 is 1. The standard InChI is InChI=1S/C15H18N2O/c1-16-13-7-5-6-12(10-13)11-17-14-8-3-4-9-15(14)18-2/h3-10,16-17H,11H2,1-2H3. The molecule has 0 fully saturated rings. The van der Waals surface area contributed by atoms with Crippen LogP contribution >= 0.6 is 0 Å². The zero-order valence-electron chi connectivity index (χ0n) is 10.7. The van der Waals surface area contributed by atoms with Crippen molar-refractivity contribution in [3.8, 4) is 5.75 Å². The highest BCUT2D eigenvalue weighted by Gasteiger charge is 2.01. The summed E-state index contributed by atoms with van der Waals surface area (Å²) in [4.78, 5) is 0. The van der Waals surface area contributed by atoms with Crippen LogP contribution in [-0.4, -0.2) is 14.2 Å². The van der Waals surface area contributed by atoms with Gasteiger partial charge in [-0.2, -0.15) is 0 Å². The van der Waals surface area contributed by atoms with Crippen molar-refractivity contribution in [2.45, 2.75) is 6.54 Å². The molecule has 0 spiro atoms. The molecule has 0 bridgehead atoms. The van der Waals surface area contributed by atoms with Crippen molar-refractivity contribution >= 4 is 11.4 Å². The summed E-state index contributed by atoms with van der Waals surface area (Å²) in [6.07, 6.45) is 0. The van der Waals surface area contributed by atoms with Gasteiger partial charge in [-0.3, -0.25) is 0 Å². The van der Waals surface area contributed by atoms with Crippen LogP contribution in [0.1, 0.15) is 5.56 Å². The third kappa shape index (κ3) is 2.94. The molecule has 0 aliphatic rings. The van der Waals surface area contributed by atoms with E-state index in [1.54, 1.807) is 7.11 Å². The van der Waals surface area contributed by atoms with Crippen molar-refractivity contribution < 1.29 is 4.74 Å². The molecule has 2 aromatic rings. The molecular formula is C15H18N2O. The van der Waals surface area contributed by atoms with Crippen LogP contribution in [0.3, 0.4) is 0 Å². The van der Waals surface area contributed by atoms with Crippen LogP contribution in [0.15, 0.2) is 48.5 Å². The molecule has 0 atom stereocenters. The number of hydrogen-bond acceptors (Lipinski definition) is 3. The fourth-order valence-electron chi connectivity index (χ4n) is 1.82. The summed E-state index contributed by atoms with van der Waals surface area (Å²) >= 11 is 0. The summed E-state index contributed by atoms with van der Waals surface area (Å²) in [7, 11) is 3.61. The minimum atomic E-state index is 0.774. The van der Waals surface area contributed by atoms with Gasteiger partial charge >= 0.3 is 0 Å². The molecule has 3 heteroatoms. The quantitative estimate of drug-likeness (QED) is 0.843. The zero-order valence-corrected chi connectivity index (χ0v) is 10.7. The van der Waals surface area contributed by atoms with Gasteiger partial charge < -0.3 is 15.4 Å². The SMILES string of the molecule is CNc1cccc(CNc2ccccc2OC)c1. The lowest BCUT2D eigenvalue weighted by Gasteiger charge is -2.11. The molecule has 0 aromatic heterocycles. The summed E-state index contributed by atoms with van der Waals surface area (Å²) in [5.41, 5.74) is 3.36. The number of para-hydroxylation sites is 2. The molecule has 3 nitrogen and oxygen atoms in total. The van der Waals surface area contributed by atoms with Crippen LogP contribution < -0.4 is 15.4 Å². The van der Waals surface area contributed by atoms with Gasteiger partial charge in [0.15, 0.2) is 0 Å². The maximum absolute atomic E-state index is 5.30. The van der Waals surface area contributed by atoms with Crippen molar-refractivity contribution in [1.29, 1.82) is 0 Å². The van der Waals surface area contributed by atoms with Gasteiger partial charge in [-0.25, -0.2) is 0 Å². The molecule has 2 rings (SSSR count). The van der Waals surface area contributed by atoms with Crippen molar-refractivity contribution in [3.63, 3.8) is 0 Å². The van der Waals surface area contributed by atoms with Crippen LogP contribution in [-0.2, 0) is 6.54 Å². The van der Waals surface area contributed by atoms with Gasteiger partial charge in [-0.05, 0) is 29.8 Å². The molecule has 0 heterocycles. The van der Waals surface area contributed by atoms with Crippen LogP contribution in [0, 0.1) is 0 Å². The molecule has 2 N–H and O–H groups in total. The minimum absolute atomic E-state index is 0.774. The molecule has 0 radical (unpaired) electrons. The topological polar surface area (TPSA) is 33.3 Å². The molecule has 2 aromatic carbocycles. The number of ether oxygens (including phenoxy) is 1. The summed E-state index contributed by atoms with van der Waals surface area (Å²) in [6.45, 7) is 0.774. The Bertz CT molecular complexity index is 511. The largest absolute Gasteiger partial charge is 0.495 e. The maximum atomic E-state index is 5.30. The summed E-state index contributed by atoms with van der Waals surface area (Å²) in [5, 5.41) is 6.51. The molecule has 0 aliphatic heterocycles. The summed E-state index contributed by atoms with van der Waals surface area (Å²) < 4.78 is 5.30. The molecule has 0 aliphatic carbocycles. The lowest BCUT2D eigenvalue weighted by Crippen LogP contribution is -2.01. The number of nitrogens with one attached hydrogen (secondary N) is 2. The molecule has 0 unspecified atom stereocenters. The first-order chi connectivity index (χ1) is 8.83. The van der Waals surface area contributed by atoms with Crippen molar-refractivity contribution in [1.82, 2.24) is 0 Å². The molecule has 0 saturated carbocycles. The lowest BCUT2D eigenvalue weighted by atomic mass is 10.2. The minimum Gasteiger partial charge on any atom is -0.495 e. The van der Waals surface area contributed by atoms with Crippen LogP contribution in [0.4, 0.5) is 11.4 Å². The molecule has 0 amide bonds. The predicted molar refractivity (Wildman–Crippen MR) is 76.3 cm³/mol. The predicted octanol–water partition coefficient (Wildman–Crippen LogP) is 3.35. The molecule has 18 heavy (non-hydrogen) atoms. The van der Waals surface area contributed by atoms with Crippen LogP contribution in [0.2, 0.25) is 0 Å². The first-order valence-electron chi connectivity index (χ1n) is 5.97. The van der Waals surface area contributed by atoms with Gasteiger partial charge in [0.25, 0.3) is 0 Å². The van der Waals surface area contributed by atoms with E-state index in [1.807, 2.05) is 43.4 Å². The number of benzene rings is 2. The normalized spacial score (nSPS) is 9.89. The highest BCUT2D eigenvalue weighted by molar-refractivity contribution is 5.56. The Morgan fingerprint density at radius 3 is 2.67 bits per heavy atom. The zero-order chi connectivity index (χ0) is 12.8. The molecule has 94 valence electrons. The third-order valence-electron chi connectivity index (χ3n) is 2.81. The van der Waals surface area contributed by atoms with Crippen molar-refractivity contribution in [2.75, 3.05) is 24.8 Å². The van der Waals surface area contributed by atoms with E-state index in [-0.39, 0.29) is 0 Å². The third-order valence-corrected chi connectivity index (χ3v) is 2.81. The van der Waals surface area contributed by atoms with E-state index in [0.29, 0.717) is 0 Å². The van der Waals surface area contributed by atoms with E-state index in [1.165, 1.54) is 5.56 Å². The van der Waals surface area contributed by atoms with Gasteiger partial charge in [0.05, 0.1) is 12.8 Å². The van der Waals surface area contributed by atoms with Crippen molar-refractivity contribution in [3.05, 3.63) is 54.1 Å². The fourth-order valence-corrected chi connectivity index (χ4v) is 1.82. The average molecular weight is 242 g/mol. The van der Waals surface area contributed by atoms with Crippen LogP contribution in [0.5, 0.6) is 5.75 Å². The van der Waals surface area contributed by atoms with Gasteiger partial charge in [-0.15, -0.1) is 0 Å².